The van der Waals surface area contributed by atoms with Crippen LogP contribution in [0.5, 0.6) is 0 Å². The van der Waals surface area contributed by atoms with Crippen LogP contribution in [-0.2, 0) is 0 Å². The van der Waals surface area contributed by atoms with Crippen LogP contribution in [0, 0.1) is 11.3 Å². The Morgan fingerprint density at radius 2 is 1.41 bits per heavy atom. The molecule has 1 fully saturated rings. The van der Waals surface area contributed by atoms with Crippen molar-refractivity contribution >= 4 is 0 Å². The molecule has 0 aliphatic heterocycles. The van der Waals surface area contributed by atoms with Crippen LogP contribution in [0.4, 0.5) is 0 Å². The summed E-state index contributed by atoms with van der Waals surface area (Å²) >= 11 is 0. The van der Waals surface area contributed by atoms with Crippen molar-refractivity contribution in [3.63, 3.8) is 0 Å². The molecular formula is C17H34. The molecule has 0 bridgehead atoms. The average Bonchev–Trinajstić information content (AvgIpc) is 2.34. The molecule has 0 aromatic heterocycles. The Morgan fingerprint density at radius 1 is 0.824 bits per heavy atom. The van der Waals surface area contributed by atoms with Crippen LogP contribution in [-0.4, -0.2) is 0 Å². The van der Waals surface area contributed by atoms with E-state index in [2.05, 4.69) is 20.8 Å². The molecule has 0 heterocycles. The molecule has 0 saturated heterocycles. The lowest BCUT2D eigenvalue weighted by Gasteiger charge is -2.41. The van der Waals surface area contributed by atoms with Gasteiger partial charge in [-0.2, -0.15) is 0 Å². The predicted octanol–water partition coefficient (Wildman–Crippen LogP) is 6.34. The second-order valence-corrected chi connectivity index (χ2v) is 6.60. The van der Waals surface area contributed by atoms with Crippen LogP contribution >= 0.6 is 0 Å². The maximum atomic E-state index is 2.46. The van der Waals surface area contributed by atoms with Gasteiger partial charge in [0.2, 0.25) is 0 Å². The normalized spacial score (nSPS) is 19.8. The first-order valence-electron chi connectivity index (χ1n) is 8.21. The van der Waals surface area contributed by atoms with Gasteiger partial charge in [-0.05, 0) is 30.6 Å². The number of hydrogen-bond donors (Lipinski definition) is 0. The van der Waals surface area contributed by atoms with E-state index >= 15 is 0 Å². The van der Waals surface area contributed by atoms with Gasteiger partial charge in [-0.25, -0.2) is 0 Å². The molecular weight excluding hydrogens is 204 g/mol. The zero-order valence-corrected chi connectivity index (χ0v) is 12.6. The van der Waals surface area contributed by atoms with Crippen molar-refractivity contribution in [1.29, 1.82) is 0 Å². The third-order valence-corrected chi connectivity index (χ3v) is 5.10. The summed E-state index contributed by atoms with van der Waals surface area (Å²) in [6, 6.07) is 0. The molecule has 1 rings (SSSR count). The van der Waals surface area contributed by atoms with Crippen LogP contribution in [0.1, 0.15) is 97.8 Å². The van der Waals surface area contributed by atoms with Gasteiger partial charge in [0.1, 0.15) is 0 Å². The van der Waals surface area contributed by atoms with E-state index in [4.69, 9.17) is 0 Å². The maximum Gasteiger partial charge on any atom is -0.0274 e. The summed E-state index contributed by atoms with van der Waals surface area (Å²) in [4.78, 5) is 0. The molecule has 0 nitrogen and oxygen atoms in total. The van der Waals surface area contributed by atoms with Crippen LogP contribution in [0.15, 0.2) is 0 Å². The molecule has 0 amide bonds. The van der Waals surface area contributed by atoms with Crippen molar-refractivity contribution in [3.8, 4) is 0 Å². The smallest absolute Gasteiger partial charge is 0.0274 e. The van der Waals surface area contributed by atoms with E-state index in [1.165, 1.54) is 77.0 Å². The lowest BCUT2D eigenvalue weighted by Crippen LogP contribution is -2.29. The summed E-state index contributed by atoms with van der Waals surface area (Å²) in [7, 11) is 0. The van der Waals surface area contributed by atoms with Crippen molar-refractivity contribution in [2.75, 3.05) is 0 Å². The third-order valence-electron chi connectivity index (χ3n) is 5.10. The lowest BCUT2D eigenvalue weighted by molar-refractivity contribution is 0.101. The lowest BCUT2D eigenvalue weighted by atomic mass is 9.64. The quantitative estimate of drug-likeness (QED) is 0.433. The van der Waals surface area contributed by atoms with Crippen molar-refractivity contribution in [2.45, 2.75) is 97.8 Å². The number of rotatable bonds is 8. The van der Waals surface area contributed by atoms with Gasteiger partial charge in [-0.15, -0.1) is 0 Å². The molecule has 0 unspecified atom stereocenters. The Balaban J connectivity index is 2.20. The van der Waals surface area contributed by atoms with Crippen molar-refractivity contribution in [2.24, 2.45) is 11.3 Å². The minimum Gasteiger partial charge on any atom is -0.0654 e. The summed E-state index contributed by atoms with van der Waals surface area (Å²) in [6.45, 7) is 7.22. The fraction of sp³-hybridized carbons (Fsp3) is 1.00. The minimum atomic E-state index is 0.725. The number of hydrogen-bond acceptors (Lipinski definition) is 0. The van der Waals surface area contributed by atoms with Gasteiger partial charge >= 0.3 is 0 Å². The highest BCUT2D eigenvalue weighted by Gasteiger charge is 2.34. The van der Waals surface area contributed by atoms with Crippen LogP contribution in [0.25, 0.3) is 0 Å². The third kappa shape index (κ3) is 5.02. The second-order valence-electron chi connectivity index (χ2n) is 6.60. The molecule has 0 aromatic carbocycles. The SMILES string of the molecule is CCCCCCCCC1(C(C)C)CCCCC1. The van der Waals surface area contributed by atoms with E-state index in [9.17, 15) is 0 Å². The molecule has 0 N–H and O–H groups in total. The fourth-order valence-electron chi connectivity index (χ4n) is 3.63. The summed E-state index contributed by atoms with van der Waals surface area (Å²) < 4.78 is 0. The second kappa shape index (κ2) is 8.16. The number of unbranched alkanes of at least 4 members (excludes halogenated alkanes) is 5. The first-order valence-corrected chi connectivity index (χ1v) is 8.21. The molecule has 0 aromatic rings. The van der Waals surface area contributed by atoms with Gasteiger partial charge in [0.15, 0.2) is 0 Å². The first kappa shape index (κ1) is 15.1. The van der Waals surface area contributed by atoms with Gasteiger partial charge in [0.05, 0.1) is 0 Å². The first-order chi connectivity index (χ1) is 8.21. The van der Waals surface area contributed by atoms with Crippen molar-refractivity contribution in [1.82, 2.24) is 0 Å². The largest absolute Gasteiger partial charge is 0.0654 e. The van der Waals surface area contributed by atoms with E-state index in [1.807, 2.05) is 0 Å². The Hall–Kier alpha value is 0. The zero-order valence-electron chi connectivity index (χ0n) is 12.6. The van der Waals surface area contributed by atoms with E-state index in [-0.39, 0.29) is 0 Å². The molecule has 0 heteroatoms. The van der Waals surface area contributed by atoms with E-state index in [0.29, 0.717) is 0 Å². The summed E-state index contributed by atoms with van der Waals surface area (Å²) in [5.41, 5.74) is 0.725. The highest BCUT2D eigenvalue weighted by molar-refractivity contribution is 4.85. The van der Waals surface area contributed by atoms with Gasteiger partial charge in [-0.3, -0.25) is 0 Å². The van der Waals surface area contributed by atoms with Crippen LogP contribution in [0.2, 0.25) is 0 Å². The maximum absolute atomic E-state index is 2.46. The Morgan fingerprint density at radius 3 is 2.00 bits per heavy atom. The Labute approximate surface area is 110 Å². The fourth-order valence-corrected chi connectivity index (χ4v) is 3.63. The molecule has 1 aliphatic carbocycles. The molecule has 1 saturated carbocycles. The van der Waals surface area contributed by atoms with Gasteiger partial charge in [-0.1, -0.05) is 78.6 Å². The van der Waals surface area contributed by atoms with Gasteiger partial charge in [0.25, 0.3) is 0 Å². The summed E-state index contributed by atoms with van der Waals surface area (Å²) in [6.07, 6.45) is 17.7. The summed E-state index contributed by atoms with van der Waals surface area (Å²) in [5, 5.41) is 0. The zero-order chi connectivity index (χ0) is 12.6. The van der Waals surface area contributed by atoms with Gasteiger partial charge < -0.3 is 0 Å². The standard InChI is InChI=1S/C17H34/c1-4-5-6-7-8-10-13-17(16(2)3)14-11-9-12-15-17/h16H,4-15H2,1-3H3. The van der Waals surface area contributed by atoms with Crippen molar-refractivity contribution in [3.05, 3.63) is 0 Å². The van der Waals surface area contributed by atoms with Crippen LogP contribution < -0.4 is 0 Å². The molecule has 0 atom stereocenters. The monoisotopic (exact) mass is 238 g/mol. The average molecular weight is 238 g/mol. The highest BCUT2D eigenvalue weighted by atomic mass is 14.4. The molecule has 17 heavy (non-hydrogen) atoms. The van der Waals surface area contributed by atoms with Crippen molar-refractivity contribution < 1.29 is 0 Å². The van der Waals surface area contributed by atoms with E-state index in [0.717, 1.165) is 11.3 Å². The van der Waals surface area contributed by atoms with E-state index < -0.39 is 0 Å². The Kier molecular flexibility index (Phi) is 7.23. The minimum absolute atomic E-state index is 0.725. The molecule has 0 radical (unpaired) electrons. The van der Waals surface area contributed by atoms with Gasteiger partial charge in [0, 0.05) is 0 Å². The van der Waals surface area contributed by atoms with Crippen LogP contribution in [0.3, 0.4) is 0 Å². The Bertz CT molecular complexity index is 174. The van der Waals surface area contributed by atoms with E-state index in [1.54, 1.807) is 0 Å². The summed E-state index contributed by atoms with van der Waals surface area (Å²) in [5.74, 6) is 0.901. The highest BCUT2D eigenvalue weighted by Crippen LogP contribution is 2.46. The topological polar surface area (TPSA) is 0 Å². The predicted molar refractivity (Wildman–Crippen MR) is 78.3 cm³/mol. The molecule has 0 spiro atoms. The molecule has 1 aliphatic rings. The molecule has 102 valence electrons.